The second-order valence-corrected chi connectivity index (χ2v) is 5.99. The third-order valence-corrected chi connectivity index (χ3v) is 4.20. The monoisotopic (exact) mass is 265 g/mol. The summed E-state index contributed by atoms with van der Waals surface area (Å²) >= 11 is 1.99. The summed E-state index contributed by atoms with van der Waals surface area (Å²) in [5.74, 6) is 2.28. The minimum atomic E-state index is 0.465. The SMILES string of the molecule is Cc1cccc(CSCCNCC2CCCO2)c1. The number of thioether (sulfide) groups is 1. The largest absolute Gasteiger partial charge is 0.377 e. The molecule has 18 heavy (non-hydrogen) atoms. The van der Waals surface area contributed by atoms with Crippen molar-refractivity contribution in [2.24, 2.45) is 0 Å². The molecule has 1 fully saturated rings. The van der Waals surface area contributed by atoms with E-state index in [0.717, 1.165) is 25.4 Å². The number of benzene rings is 1. The van der Waals surface area contributed by atoms with Gasteiger partial charge in [-0.25, -0.2) is 0 Å². The van der Waals surface area contributed by atoms with Crippen molar-refractivity contribution in [2.45, 2.75) is 31.6 Å². The van der Waals surface area contributed by atoms with E-state index in [9.17, 15) is 0 Å². The van der Waals surface area contributed by atoms with E-state index >= 15 is 0 Å². The minimum Gasteiger partial charge on any atom is -0.377 e. The lowest BCUT2D eigenvalue weighted by atomic mass is 10.2. The molecule has 0 aliphatic carbocycles. The van der Waals surface area contributed by atoms with Crippen LogP contribution in [0, 0.1) is 6.92 Å². The third kappa shape index (κ3) is 5.01. The van der Waals surface area contributed by atoms with E-state index in [0.29, 0.717) is 6.10 Å². The summed E-state index contributed by atoms with van der Waals surface area (Å²) in [6, 6.07) is 8.77. The maximum atomic E-state index is 5.57. The lowest BCUT2D eigenvalue weighted by molar-refractivity contribution is 0.110. The standard InChI is InChI=1S/C15H23NOS/c1-13-4-2-5-14(10-13)12-18-9-7-16-11-15-6-3-8-17-15/h2,4-5,10,15-16H,3,6-9,11-12H2,1H3. The second-order valence-electron chi connectivity index (χ2n) is 4.88. The molecule has 1 aromatic rings. The van der Waals surface area contributed by atoms with E-state index in [1.807, 2.05) is 11.8 Å². The number of nitrogens with one attached hydrogen (secondary N) is 1. The highest BCUT2D eigenvalue weighted by atomic mass is 32.2. The Labute approximate surface area is 114 Å². The van der Waals surface area contributed by atoms with Gasteiger partial charge in [0, 0.05) is 31.2 Å². The molecule has 0 bridgehead atoms. The molecule has 2 rings (SSSR count). The van der Waals surface area contributed by atoms with E-state index in [1.54, 1.807) is 0 Å². The summed E-state index contributed by atoms with van der Waals surface area (Å²) in [4.78, 5) is 0. The summed E-state index contributed by atoms with van der Waals surface area (Å²) in [6.45, 7) is 5.20. The van der Waals surface area contributed by atoms with Crippen molar-refractivity contribution in [1.29, 1.82) is 0 Å². The fourth-order valence-electron chi connectivity index (χ4n) is 2.20. The maximum absolute atomic E-state index is 5.57. The van der Waals surface area contributed by atoms with Crippen molar-refractivity contribution < 1.29 is 4.74 Å². The van der Waals surface area contributed by atoms with Gasteiger partial charge < -0.3 is 10.1 Å². The molecule has 1 aliphatic rings. The molecule has 0 radical (unpaired) electrons. The van der Waals surface area contributed by atoms with Crippen LogP contribution in [0.3, 0.4) is 0 Å². The van der Waals surface area contributed by atoms with Gasteiger partial charge in [-0.2, -0.15) is 11.8 Å². The van der Waals surface area contributed by atoms with Crippen LogP contribution in [-0.4, -0.2) is 31.6 Å². The zero-order chi connectivity index (χ0) is 12.6. The van der Waals surface area contributed by atoms with Crippen molar-refractivity contribution in [2.75, 3.05) is 25.4 Å². The smallest absolute Gasteiger partial charge is 0.0700 e. The molecule has 0 spiro atoms. The normalized spacial score (nSPS) is 19.3. The van der Waals surface area contributed by atoms with Gasteiger partial charge in [0.05, 0.1) is 6.10 Å². The Morgan fingerprint density at radius 1 is 1.44 bits per heavy atom. The average Bonchev–Trinajstić information content (AvgIpc) is 2.87. The summed E-state index contributed by atoms with van der Waals surface area (Å²) in [5.41, 5.74) is 2.78. The fraction of sp³-hybridized carbons (Fsp3) is 0.600. The number of hydrogen-bond acceptors (Lipinski definition) is 3. The summed E-state index contributed by atoms with van der Waals surface area (Å²) < 4.78 is 5.57. The molecule has 1 heterocycles. The van der Waals surface area contributed by atoms with E-state index in [-0.39, 0.29) is 0 Å². The van der Waals surface area contributed by atoms with Crippen LogP contribution in [0.15, 0.2) is 24.3 Å². The molecule has 1 aliphatic heterocycles. The molecular formula is C15H23NOS. The van der Waals surface area contributed by atoms with Gasteiger partial charge in [-0.1, -0.05) is 29.8 Å². The van der Waals surface area contributed by atoms with Gasteiger partial charge in [-0.15, -0.1) is 0 Å². The predicted molar refractivity (Wildman–Crippen MR) is 79.2 cm³/mol. The molecule has 1 unspecified atom stereocenters. The number of rotatable bonds is 7. The van der Waals surface area contributed by atoms with Gasteiger partial charge >= 0.3 is 0 Å². The van der Waals surface area contributed by atoms with Crippen molar-refractivity contribution in [3.63, 3.8) is 0 Å². The highest BCUT2D eigenvalue weighted by Gasteiger charge is 2.13. The van der Waals surface area contributed by atoms with Gasteiger partial charge in [0.1, 0.15) is 0 Å². The molecule has 1 aromatic carbocycles. The predicted octanol–water partition coefficient (Wildman–Crippen LogP) is 3.00. The number of hydrogen-bond donors (Lipinski definition) is 1. The van der Waals surface area contributed by atoms with Crippen molar-refractivity contribution in [3.8, 4) is 0 Å². The van der Waals surface area contributed by atoms with Crippen LogP contribution in [-0.2, 0) is 10.5 Å². The summed E-state index contributed by atoms with van der Waals surface area (Å²) in [6.07, 6.45) is 2.92. The van der Waals surface area contributed by atoms with Crippen LogP contribution < -0.4 is 5.32 Å². The first-order valence-electron chi connectivity index (χ1n) is 6.80. The highest BCUT2D eigenvalue weighted by Crippen LogP contribution is 2.13. The van der Waals surface area contributed by atoms with E-state index in [2.05, 4.69) is 36.5 Å². The first kappa shape index (κ1) is 13.9. The molecule has 0 amide bonds. The fourth-order valence-corrected chi connectivity index (χ4v) is 3.05. The van der Waals surface area contributed by atoms with E-state index < -0.39 is 0 Å². The topological polar surface area (TPSA) is 21.3 Å². The molecule has 2 nitrogen and oxygen atoms in total. The van der Waals surface area contributed by atoms with E-state index in [1.165, 1.54) is 29.7 Å². The molecule has 1 saturated heterocycles. The second kappa shape index (κ2) is 7.82. The molecule has 0 saturated carbocycles. The van der Waals surface area contributed by atoms with Crippen LogP contribution in [0.1, 0.15) is 24.0 Å². The lowest BCUT2D eigenvalue weighted by Gasteiger charge is -2.10. The lowest BCUT2D eigenvalue weighted by Crippen LogP contribution is -2.27. The quantitative estimate of drug-likeness (QED) is 0.766. The van der Waals surface area contributed by atoms with Crippen molar-refractivity contribution in [1.82, 2.24) is 5.32 Å². The molecular weight excluding hydrogens is 242 g/mol. The Balaban J connectivity index is 1.50. The minimum absolute atomic E-state index is 0.465. The number of aryl methyl sites for hydroxylation is 1. The molecule has 0 aromatic heterocycles. The van der Waals surface area contributed by atoms with Gasteiger partial charge in [0.2, 0.25) is 0 Å². The highest BCUT2D eigenvalue weighted by molar-refractivity contribution is 7.98. The Bertz CT molecular complexity index is 350. The van der Waals surface area contributed by atoms with Gasteiger partial charge in [0.25, 0.3) is 0 Å². The van der Waals surface area contributed by atoms with Gasteiger partial charge in [-0.05, 0) is 25.3 Å². The Kier molecular flexibility index (Phi) is 6.05. The van der Waals surface area contributed by atoms with Crippen molar-refractivity contribution in [3.05, 3.63) is 35.4 Å². The third-order valence-electron chi connectivity index (χ3n) is 3.17. The van der Waals surface area contributed by atoms with Crippen LogP contribution in [0.4, 0.5) is 0 Å². The van der Waals surface area contributed by atoms with Crippen molar-refractivity contribution >= 4 is 11.8 Å². The Morgan fingerprint density at radius 2 is 2.39 bits per heavy atom. The van der Waals surface area contributed by atoms with Crippen LogP contribution in [0.25, 0.3) is 0 Å². The molecule has 1 atom stereocenters. The van der Waals surface area contributed by atoms with Crippen LogP contribution in [0.5, 0.6) is 0 Å². The average molecular weight is 265 g/mol. The van der Waals surface area contributed by atoms with Crippen LogP contribution >= 0.6 is 11.8 Å². The Hall–Kier alpha value is -0.510. The first-order chi connectivity index (χ1) is 8.84. The zero-order valence-electron chi connectivity index (χ0n) is 11.2. The Morgan fingerprint density at radius 3 is 3.17 bits per heavy atom. The first-order valence-corrected chi connectivity index (χ1v) is 7.95. The summed E-state index contributed by atoms with van der Waals surface area (Å²) in [7, 11) is 0. The van der Waals surface area contributed by atoms with Gasteiger partial charge in [0.15, 0.2) is 0 Å². The molecule has 3 heteroatoms. The van der Waals surface area contributed by atoms with E-state index in [4.69, 9.17) is 4.74 Å². The number of ether oxygens (including phenoxy) is 1. The van der Waals surface area contributed by atoms with Crippen LogP contribution in [0.2, 0.25) is 0 Å². The molecule has 100 valence electrons. The van der Waals surface area contributed by atoms with Gasteiger partial charge in [-0.3, -0.25) is 0 Å². The zero-order valence-corrected chi connectivity index (χ0v) is 12.0. The molecule has 1 N–H and O–H groups in total. The summed E-state index contributed by atoms with van der Waals surface area (Å²) in [5, 5.41) is 3.48. The maximum Gasteiger partial charge on any atom is 0.0700 e.